The number of halogens is 1. The van der Waals surface area contributed by atoms with E-state index in [1.165, 1.54) is 0 Å². The van der Waals surface area contributed by atoms with Crippen molar-refractivity contribution >= 4 is 5.97 Å². The summed E-state index contributed by atoms with van der Waals surface area (Å²) < 4.78 is 0. The molecule has 0 heterocycles. The number of nitrogens with two attached hydrogens (primary N) is 1. The first kappa shape index (κ1) is 9.03. The predicted octanol–water partition coefficient (Wildman–Crippen LogP) is -0.818. The molecule has 0 saturated heterocycles. The van der Waals surface area contributed by atoms with Crippen molar-refractivity contribution in [3.05, 3.63) is 0 Å². The molecule has 0 bridgehead atoms. The Bertz CT molecular complexity index is 46.8. The van der Waals surface area contributed by atoms with Crippen LogP contribution in [0.25, 0.3) is 0 Å². The highest BCUT2D eigenvalue weighted by Gasteiger charge is 1.81. The fraction of sp³-hybridized carbons (Fsp3) is 0.500. The van der Waals surface area contributed by atoms with E-state index in [9.17, 15) is 4.79 Å². The summed E-state index contributed by atoms with van der Waals surface area (Å²) in [6.07, 6.45) is 0. The Morgan fingerprint density at radius 3 is 2.00 bits per heavy atom. The third-order valence-electron chi connectivity index (χ3n) is 0.175. The predicted molar refractivity (Wildman–Crippen MR) is 19.2 cm³/mol. The lowest BCUT2D eigenvalue weighted by Gasteiger charge is -1.73. The van der Waals surface area contributed by atoms with Gasteiger partial charge < -0.3 is 10.8 Å². The molecule has 0 amide bonds. The second-order valence-corrected chi connectivity index (χ2v) is 0.598. The maximum atomic E-state index is 9.24. The van der Waals surface area contributed by atoms with Gasteiger partial charge in [0.2, 0.25) is 0 Å². The lowest BCUT2D eigenvalue weighted by Crippen LogP contribution is -2.10. The summed E-state index contributed by atoms with van der Waals surface area (Å²) in [4.78, 5) is 9.24. The molecule has 0 spiro atoms. The van der Waals surface area contributed by atoms with Crippen molar-refractivity contribution in [3.63, 3.8) is 0 Å². The minimum atomic E-state index is -0.968. The smallest absolute Gasteiger partial charge is 0.317 e. The number of rotatable bonds is 1. The highest BCUT2D eigenvalue weighted by Crippen LogP contribution is 1.43. The summed E-state index contributed by atoms with van der Waals surface area (Å²) in [6, 6.07) is 0. The van der Waals surface area contributed by atoms with E-state index >= 15 is 0 Å². The molecule has 0 aromatic heterocycles. The molecular formula is C2H6FNO2. The minimum Gasteiger partial charge on any atom is -0.480 e. The second-order valence-electron chi connectivity index (χ2n) is 0.598. The molecule has 3 N–H and O–H groups in total. The summed E-state index contributed by atoms with van der Waals surface area (Å²) in [5, 5.41) is 7.60. The molecule has 0 fully saturated rings. The van der Waals surface area contributed by atoms with Crippen LogP contribution in [-0.2, 0) is 4.79 Å². The van der Waals surface area contributed by atoms with Gasteiger partial charge in [0.1, 0.15) is 0 Å². The number of carbonyl (C=O) groups is 1. The zero-order valence-corrected chi connectivity index (χ0v) is 3.05. The van der Waals surface area contributed by atoms with Crippen molar-refractivity contribution < 1.29 is 14.6 Å². The van der Waals surface area contributed by atoms with Crippen LogP contribution in [0, 0.1) is 0 Å². The van der Waals surface area contributed by atoms with Crippen LogP contribution < -0.4 is 5.73 Å². The highest BCUT2D eigenvalue weighted by molar-refractivity contribution is 5.68. The van der Waals surface area contributed by atoms with Crippen LogP contribution in [0.5, 0.6) is 0 Å². The van der Waals surface area contributed by atoms with Gasteiger partial charge in [0.15, 0.2) is 0 Å². The van der Waals surface area contributed by atoms with Crippen LogP contribution >= 0.6 is 0 Å². The topological polar surface area (TPSA) is 63.3 Å². The summed E-state index contributed by atoms with van der Waals surface area (Å²) in [7, 11) is 0. The molecule has 0 atom stereocenters. The van der Waals surface area contributed by atoms with Crippen LogP contribution in [0.1, 0.15) is 0 Å². The third kappa shape index (κ3) is 10.1. The lowest BCUT2D eigenvalue weighted by atomic mass is 10.7. The van der Waals surface area contributed by atoms with E-state index in [2.05, 4.69) is 5.73 Å². The molecule has 38 valence electrons. The van der Waals surface area contributed by atoms with Gasteiger partial charge in [-0.3, -0.25) is 9.50 Å². The molecule has 0 aliphatic rings. The lowest BCUT2D eigenvalue weighted by molar-refractivity contribution is -0.135. The Labute approximate surface area is 34.1 Å². The van der Waals surface area contributed by atoms with Crippen molar-refractivity contribution in [2.75, 3.05) is 6.54 Å². The van der Waals surface area contributed by atoms with Gasteiger partial charge in [-0.05, 0) is 0 Å². The summed E-state index contributed by atoms with van der Waals surface area (Å²) in [5.41, 5.74) is 4.57. The maximum absolute atomic E-state index is 9.24. The Balaban J connectivity index is 0. The van der Waals surface area contributed by atoms with Crippen LogP contribution in [0.3, 0.4) is 0 Å². The van der Waals surface area contributed by atoms with E-state index < -0.39 is 5.97 Å². The summed E-state index contributed by atoms with van der Waals surface area (Å²) in [5.74, 6) is -0.968. The number of carboxylic acid groups (broad SMARTS) is 1. The molecule has 0 aromatic carbocycles. The van der Waals surface area contributed by atoms with E-state index in [1.54, 1.807) is 0 Å². The first-order valence-corrected chi connectivity index (χ1v) is 1.19. The second kappa shape index (κ2) is 4.36. The Morgan fingerprint density at radius 1 is 1.83 bits per heavy atom. The average molecular weight is 95.1 g/mol. The van der Waals surface area contributed by atoms with E-state index in [0.717, 1.165) is 0 Å². The minimum absolute atomic E-state index is 0. The van der Waals surface area contributed by atoms with Gasteiger partial charge >= 0.3 is 5.97 Å². The monoisotopic (exact) mass is 95.0 g/mol. The van der Waals surface area contributed by atoms with Crippen molar-refractivity contribution in [1.82, 2.24) is 0 Å². The molecular weight excluding hydrogens is 89.0 g/mol. The molecule has 4 heteroatoms. The van der Waals surface area contributed by atoms with Crippen LogP contribution in [-0.4, -0.2) is 17.6 Å². The zero-order valence-electron chi connectivity index (χ0n) is 3.05. The molecule has 0 radical (unpaired) electrons. The van der Waals surface area contributed by atoms with E-state index in [1.807, 2.05) is 0 Å². The largest absolute Gasteiger partial charge is 0.480 e. The Morgan fingerprint density at radius 2 is 2.00 bits per heavy atom. The van der Waals surface area contributed by atoms with Gasteiger partial charge in [0.25, 0.3) is 0 Å². The van der Waals surface area contributed by atoms with Crippen molar-refractivity contribution in [2.24, 2.45) is 5.73 Å². The number of aliphatic carboxylic acids is 1. The Hall–Kier alpha value is -0.640. The highest BCUT2D eigenvalue weighted by atomic mass is 19.0. The first-order chi connectivity index (χ1) is 2.27. The van der Waals surface area contributed by atoms with E-state index in [4.69, 9.17) is 5.11 Å². The van der Waals surface area contributed by atoms with Crippen molar-refractivity contribution in [2.45, 2.75) is 0 Å². The fourth-order valence-corrected chi connectivity index (χ4v) is 0. The Kier molecular flexibility index (Phi) is 6.56. The maximum Gasteiger partial charge on any atom is 0.317 e. The normalized spacial score (nSPS) is 6.17. The summed E-state index contributed by atoms with van der Waals surface area (Å²) in [6.45, 7) is -0.278. The van der Waals surface area contributed by atoms with Crippen LogP contribution in [0.2, 0.25) is 0 Å². The van der Waals surface area contributed by atoms with Crippen molar-refractivity contribution in [3.8, 4) is 0 Å². The zero-order chi connectivity index (χ0) is 4.28. The molecule has 0 aliphatic heterocycles. The first-order valence-electron chi connectivity index (χ1n) is 1.19. The SMILES string of the molecule is F.NCC(=O)O. The van der Waals surface area contributed by atoms with Crippen molar-refractivity contribution in [1.29, 1.82) is 0 Å². The van der Waals surface area contributed by atoms with Gasteiger partial charge in [-0.1, -0.05) is 0 Å². The molecule has 0 rings (SSSR count). The molecule has 3 nitrogen and oxygen atoms in total. The summed E-state index contributed by atoms with van der Waals surface area (Å²) >= 11 is 0. The van der Waals surface area contributed by atoms with E-state index in [0.29, 0.717) is 0 Å². The van der Waals surface area contributed by atoms with E-state index in [-0.39, 0.29) is 11.2 Å². The van der Waals surface area contributed by atoms with Gasteiger partial charge in [-0.15, -0.1) is 0 Å². The third-order valence-corrected chi connectivity index (χ3v) is 0.175. The molecule has 0 aromatic rings. The molecule has 0 saturated carbocycles. The quantitative estimate of drug-likeness (QED) is 0.447. The average Bonchev–Trinajstić information content (AvgIpc) is 1.38. The molecule has 6 heavy (non-hydrogen) atoms. The van der Waals surface area contributed by atoms with Crippen LogP contribution in [0.4, 0.5) is 4.70 Å². The number of hydrogen-bond donors (Lipinski definition) is 2. The van der Waals surface area contributed by atoms with Gasteiger partial charge in [-0.2, -0.15) is 0 Å². The fourth-order valence-electron chi connectivity index (χ4n) is 0. The van der Waals surface area contributed by atoms with Gasteiger partial charge in [0, 0.05) is 0 Å². The standard InChI is InChI=1S/C2H5NO2.FH/c3-1-2(4)5;/h1,3H2,(H,4,5);1H. The molecule has 0 aliphatic carbocycles. The number of hydrogen-bond acceptors (Lipinski definition) is 2. The van der Waals surface area contributed by atoms with Gasteiger partial charge in [0.05, 0.1) is 6.54 Å². The van der Waals surface area contributed by atoms with Gasteiger partial charge in [-0.25, -0.2) is 0 Å². The van der Waals surface area contributed by atoms with Crippen LogP contribution in [0.15, 0.2) is 0 Å². The number of carboxylic acids is 1. The molecule has 0 unspecified atom stereocenters.